The van der Waals surface area contributed by atoms with E-state index in [-0.39, 0.29) is 43.6 Å². The largest absolute Gasteiger partial charge is 0.452 e. The summed E-state index contributed by atoms with van der Waals surface area (Å²) in [6.07, 6.45) is 0. The average Bonchev–Trinajstić information content (AvgIpc) is 2.73. The van der Waals surface area contributed by atoms with Crippen LogP contribution in [0.5, 0.6) is 0 Å². The summed E-state index contributed by atoms with van der Waals surface area (Å²) in [6.45, 7) is 2.45. The molecule has 1 saturated heterocycles. The molecular weight excluding hydrogens is 380 g/mol. The van der Waals surface area contributed by atoms with Crippen molar-refractivity contribution < 1.29 is 22.7 Å². The van der Waals surface area contributed by atoms with Gasteiger partial charge >= 0.3 is 5.97 Å². The van der Waals surface area contributed by atoms with Crippen LogP contribution in [0.15, 0.2) is 59.5 Å². The number of benzene rings is 2. The molecule has 8 heteroatoms. The third kappa shape index (κ3) is 4.58. The molecule has 1 fully saturated rings. The van der Waals surface area contributed by atoms with Gasteiger partial charge in [0, 0.05) is 26.2 Å². The summed E-state index contributed by atoms with van der Waals surface area (Å²) in [5.74, 6) is -0.897. The first kappa shape index (κ1) is 20.0. The Bertz CT molecular complexity index is 934. The van der Waals surface area contributed by atoms with Gasteiger partial charge in [-0.25, -0.2) is 13.2 Å². The van der Waals surface area contributed by atoms with Gasteiger partial charge in [0.15, 0.2) is 6.61 Å². The van der Waals surface area contributed by atoms with E-state index in [9.17, 15) is 18.0 Å². The molecule has 1 amide bonds. The van der Waals surface area contributed by atoms with Crippen LogP contribution in [0.25, 0.3) is 0 Å². The standard InChI is InChI=1S/C20H22N2O5S/c1-16-7-9-18(10-8-16)28(25,26)22-13-11-21(12-14-22)19(23)15-27-20(24)17-5-3-2-4-6-17/h2-10H,11-15H2,1H3. The lowest BCUT2D eigenvalue weighted by Gasteiger charge is -2.33. The molecule has 2 aromatic carbocycles. The fourth-order valence-corrected chi connectivity index (χ4v) is 4.34. The summed E-state index contributed by atoms with van der Waals surface area (Å²) < 4.78 is 31.8. The van der Waals surface area contributed by atoms with Crippen LogP contribution in [0.1, 0.15) is 15.9 Å². The highest BCUT2D eigenvalue weighted by Crippen LogP contribution is 2.18. The smallest absolute Gasteiger partial charge is 0.338 e. The number of ether oxygens (including phenoxy) is 1. The van der Waals surface area contributed by atoms with Gasteiger partial charge < -0.3 is 9.64 Å². The molecule has 0 radical (unpaired) electrons. The van der Waals surface area contributed by atoms with Crippen molar-refractivity contribution in [3.8, 4) is 0 Å². The molecule has 28 heavy (non-hydrogen) atoms. The maximum atomic E-state index is 12.7. The molecule has 1 heterocycles. The zero-order valence-electron chi connectivity index (χ0n) is 15.6. The molecule has 0 aromatic heterocycles. The van der Waals surface area contributed by atoms with Crippen molar-refractivity contribution in [3.63, 3.8) is 0 Å². The van der Waals surface area contributed by atoms with Gasteiger partial charge in [-0.3, -0.25) is 4.79 Å². The third-order valence-corrected chi connectivity index (χ3v) is 6.50. The number of sulfonamides is 1. The Balaban J connectivity index is 1.52. The lowest BCUT2D eigenvalue weighted by Crippen LogP contribution is -2.51. The number of nitrogens with zero attached hydrogens (tertiary/aromatic N) is 2. The van der Waals surface area contributed by atoms with E-state index in [0.717, 1.165) is 5.56 Å². The highest BCUT2D eigenvalue weighted by atomic mass is 32.2. The maximum absolute atomic E-state index is 12.7. The molecule has 148 valence electrons. The molecule has 0 unspecified atom stereocenters. The molecule has 3 rings (SSSR count). The molecule has 1 aliphatic rings. The summed E-state index contributed by atoms with van der Waals surface area (Å²) in [7, 11) is -3.58. The Morgan fingerprint density at radius 3 is 2.14 bits per heavy atom. The van der Waals surface area contributed by atoms with Gasteiger partial charge in [-0.05, 0) is 31.2 Å². The van der Waals surface area contributed by atoms with E-state index in [1.54, 1.807) is 54.6 Å². The van der Waals surface area contributed by atoms with Crippen molar-refractivity contribution in [1.82, 2.24) is 9.21 Å². The molecule has 0 spiro atoms. The van der Waals surface area contributed by atoms with E-state index >= 15 is 0 Å². The van der Waals surface area contributed by atoms with Crippen molar-refractivity contribution >= 4 is 21.9 Å². The second-order valence-electron chi connectivity index (χ2n) is 6.54. The number of amides is 1. The fourth-order valence-electron chi connectivity index (χ4n) is 2.91. The number of hydrogen-bond donors (Lipinski definition) is 0. The van der Waals surface area contributed by atoms with E-state index in [1.807, 2.05) is 6.92 Å². The zero-order valence-corrected chi connectivity index (χ0v) is 16.4. The van der Waals surface area contributed by atoms with E-state index < -0.39 is 16.0 Å². The topological polar surface area (TPSA) is 84.0 Å². The highest BCUT2D eigenvalue weighted by molar-refractivity contribution is 7.89. The number of carbonyl (C=O) groups excluding carboxylic acids is 2. The molecule has 0 bridgehead atoms. The molecule has 0 aliphatic carbocycles. The van der Waals surface area contributed by atoms with Crippen LogP contribution in [0.4, 0.5) is 0 Å². The van der Waals surface area contributed by atoms with Crippen molar-refractivity contribution in [2.24, 2.45) is 0 Å². The Labute approximate surface area is 164 Å². The number of aryl methyl sites for hydroxylation is 1. The van der Waals surface area contributed by atoms with Crippen molar-refractivity contribution in [2.75, 3.05) is 32.8 Å². The van der Waals surface area contributed by atoms with Gasteiger partial charge in [0.1, 0.15) is 0 Å². The number of carbonyl (C=O) groups is 2. The van der Waals surface area contributed by atoms with Crippen LogP contribution >= 0.6 is 0 Å². The van der Waals surface area contributed by atoms with E-state index in [2.05, 4.69) is 0 Å². The van der Waals surface area contributed by atoms with Crippen LogP contribution in [0.3, 0.4) is 0 Å². The Hall–Kier alpha value is -2.71. The second-order valence-corrected chi connectivity index (χ2v) is 8.48. The average molecular weight is 402 g/mol. The van der Waals surface area contributed by atoms with Crippen molar-refractivity contribution in [2.45, 2.75) is 11.8 Å². The van der Waals surface area contributed by atoms with Gasteiger partial charge in [-0.15, -0.1) is 0 Å². The van der Waals surface area contributed by atoms with Crippen molar-refractivity contribution in [3.05, 3.63) is 65.7 Å². The summed E-state index contributed by atoms with van der Waals surface area (Å²) in [4.78, 5) is 26.0. The molecule has 0 N–H and O–H groups in total. The van der Waals surface area contributed by atoms with E-state index in [4.69, 9.17) is 4.74 Å². The molecule has 0 saturated carbocycles. The monoisotopic (exact) mass is 402 g/mol. The van der Waals surface area contributed by atoms with Crippen molar-refractivity contribution in [1.29, 1.82) is 0 Å². The van der Waals surface area contributed by atoms with Crippen LogP contribution in [0, 0.1) is 6.92 Å². The summed E-state index contributed by atoms with van der Waals surface area (Å²) in [5.41, 5.74) is 1.36. The summed E-state index contributed by atoms with van der Waals surface area (Å²) >= 11 is 0. The Morgan fingerprint density at radius 2 is 1.54 bits per heavy atom. The van der Waals surface area contributed by atoms with E-state index in [0.29, 0.717) is 5.56 Å². The maximum Gasteiger partial charge on any atom is 0.338 e. The van der Waals surface area contributed by atoms with Gasteiger partial charge in [-0.1, -0.05) is 35.9 Å². The zero-order chi connectivity index (χ0) is 20.1. The third-order valence-electron chi connectivity index (χ3n) is 4.59. The second kappa shape index (κ2) is 8.53. The Kier molecular flexibility index (Phi) is 6.11. The molecule has 1 aliphatic heterocycles. The van der Waals surface area contributed by atoms with Crippen LogP contribution in [-0.2, 0) is 19.6 Å². The van der Waals surface area contributed by atoms with Gasteiger partial charge in [0.2, 0.25) is 10.0 Å². The summed E-state index contributed by atoms with van der Waals surface area (Å²) in [5, 5.41) is 0. The minimum atomic E-state index is -3.58. The normalized spacial score (nSPS) is 15.2. The SMILES string of the molecule is Cc1ccc(S(=O)(=O)N2CCN(C(=O)COC(=O)c3ccccc3)CC2)cc1. The van der Waals surface area contributed by atoms with Crippen LogP contribution in [-0.4, -0.2) is 62.3 Å². The minimum Gasteiger partial charge on any atom is -0.452 e. The Morgan fingerprint density at radius 1 is 0.929 bits per heavy atom. The first-order chi connectivity index (χ1) is 13.4. The summed E-state index contributed by atoms with van der Waals surface area (Å²) in [6, 6.07) is 15.1. The highest BCUT2D eigenvalue weighted by Gasteiger charge is 2.30. The molecule has 2 aromatic rings. The molecule has 0 atom stereocenters. The first-order valence-corrected chi connectivity index (χ1v) is 10.4. The number of rotatable bonds is 5. The van der Waals surface area contributed by atoms with E-state index in [1.165, 1.54) is 9.21 Å². The van der Waals surface area contributed by atoms with Gasteiger partial charge in [0.05, 0.1) is 10.5 Å². The minimum absolute atomic E-state index is 0.203. The predicted molar refractivity (Wildman–Crippen MR) is 103 cm³/mol. The fraction of sp³-hybridized carbons (Fsp3) is 0.300. The quantitative estimate of drug-likeness (QED) is 0.711. The lowest BCUT2D eigenvalue weighted by atomic mass is 10.2. The number of hydrogen-bond acceptors (Lipinski definition) is 5. The lowest BCUT2D eigenvalue weighted by molar-refractivity contribution is -0.135. The van der Waals surface area contributed by atoms with Crippen LogP contribution < -0.4 is 0 Å². The molecular formula is C20H22N2O5S. The number of piperazine rings is 1. The van der Waals surface area contributed by atoms with Crippen LogP contribution in [0.2, 0.25) is 0 Å². The molecule has 7 nitrogen and oxygen atoms in total. The predicted octanol–water partition coefficient (Wildman–Crippen LogP) is 1.68. The number of esters is 1. The van der Waals surface area contributed by atoms with Gasteiger partial charge in [-0.2, -0.15) is 4.31 Å². The van der Waals surface area contributed by atoms with Gasteiger partial charge in [0.25, 0.3) is 5.91 Å². The first-order valence-electron chi connectivity index (χ1n) is 8.95.